The number of benzene rings is 2. The van der Waals surface area contributed by atoms with Gasteiger partial charge in [-0.3, -0.25) is 18.7 Å². The van der Waals surface area contributed by atoms with Crippen LogP contribution >= 0.6 is 0 Å². The minimum atomic E-state index is -0.653. The fraction of sp³-hybridized carbons (Fsp3) is 0.261. The number of para-hydroxylation sites is 1. The summed E-state index contributed by atoms with van der Waals surface area (Å²) in [6.07, 6.45) is 0.810. The molecule has 0 amide bonds. The van der Waals surface area contributed by atoms with E-state index in [9.17, 15) is 14.4 Å². The summed E-state index contributed by atoms with van der Waals surface area (Å²) in [7, 11) is 0. The molecule has 156 valence electrons. The van der Waals surface area contributed by atoms with Crippen molar-refractivity contribution in [3.8, 4) is 0 Å². The summed E-state index contributed by atoms with van der Waals surface area (Å²) in [5, 5.41) is 3.10. The topological polar surface area (TPSA) is 99.1 Å². The molecule has 0 spiro atoms. The lowest BCUT2D eigenvalue weighted by molar-refractivity contribution is 0.100. The summed E-state index contributed by atoms with van der Waals surface area (Å²) in [5.41, 5.74) is 7.60. The summed E-state index contributed by atoms with van der Waals surface area (Å²) in [4.78, 5) is 38.6. The molecule has 0 bridgehead atoms. The van der Waals surface area contributed by atoms with E-state index in [1.165, 1.54) is 4.57 Å². The summed E-state index contributed by atoms with van der Waals surface area (Å²) < 4.78 is 2.33. The van der Waals surface area contributed by atoms with Crippen molar-refractivity contribution < 1.29 is 4.79 Å². The Morgan fingerprint density at radius 3 is 2.30 bits per heavy atom. The lowest BCUT2D eigenvalue weighted by atomic mass is 10.1. The summed E-state index contributed by atoms with van der Waals surface area (Å²) in [5.74, 6) is -0.554. The molecule has 0 fully saturated rings. The number of anilines is 2. The number of aryl methyl sites for hydroxylation is 1. The first kappa shape index (κ1) is 21.1. The van der Waals surface area contributed by atoms with Gasteiger partial charge in [0.25, 0.3) is 5.56 Å². The molecule has 0 unspecified atom stereocenters. The average molecular weight is 406 g/mol. The first-order valence-electron chi connectivity index (χ1n) is 9.99. The first-order chi connectivity index (χ1) is 14.5. The Bertz CT molecular complexity index is 1160. The Balaban J connectivity index is 1.99. The molecule has 3 rings (SSSR count). The van der Waals surface area contributed by atoms with Crippen molar-refractivity contribution >= 4 is 17.3 Å². The maximum Gasteiger partial charge on any atom is 0.332 e. The number of ketones is 1. The van der Waals surface area contributed by atoms with Crippen LogP contribution in [0.1, 0.15) is 35.3 Å². The molecule has 0 atom stereocenters. The van der Waals surface area contributed by atoms with Gasteiger partial charge in [-0.1, -0.05) is 55.5 Å². The molecule has 0 saturated carbocycles. The minimum absolute atomic E-state index is 0.0935. The molecular weight excluding hydrogens is 380 g/mol. The zero-order valence-electron chi connectivity index (χ0n) is 17.2. The highest BCUT2D eigenvalue weighted by atomic mass is 16.2. The zero-order valence-corrected chi connectivity index (χ0v) is 17.2. The van der Waals surface area contributed by atoms with Crippen molar-refractivity contribution in [3.63, 3.8) is 0 Å². The van der Waals surface area contributed by atoms with Crippen LogP contribution in [-0.4, -0.2) is 21.5 Å². The van der Waals surface area contributed by atoms with Crippen molar-refractivity contribution in [2.75, 3.05) is 17.6 Å². The highest BCUT2D eigenvalue weighted by Gasteiger charge is 2.22. The second-order valence-corrected chi connectivity index (χ2v) is 6.95. The zero-order chi connectivity index (χ0) is 21.7. The third kappa shape index (κ3) is 4.20. The van der Waals surface area contributed by atoms with E-state index in [4.69, 9.17) is 5.73 Å². The van der Waals surface area contributed by atoms with Crippen LogP contribution in [0.3, 0.4) is 0 Å². The second kappa shape index (κ2) is 9.26. The smallest absolute Gasteiger partial charge is 0.332 e. The molecule has 1 aromatic heterocycles. The molecule has 3 N–H and O–H groups in total. The quantitative estimate of drug-likeness (QED) is 0.560. The van der Waals surface area contributed by atoms with E-state index >= 15 is 0 Å². The fourth-order valence-corrected chi connectivity index (χ4v) is 3.44. The summed E-state index contributed by atoms with van der Waals surface area (Å²) in [6, 6.07) is 17.0. The largest absolute Gasteiger partial charge is 0.384 e. The van der Waals surface area contributed by atoms with E-state index in [2.05, 4.69) is 5.32 Å². The van der Waals surface area contributed by atoms with Crippen LogP contribution in [0.4, 0.5) is 11.5 Å². The Morgan fingerprint density at radius 1 is 0.967 bits per heavy atom. The van der Waals surface area contributed by atoms with Gasteiger partial charge in [-0.25, -0.2) is 4.79 Å². The number of nitrogens with two attached hydrogens (primary N) is 1. The van der Waals surface area contributed by atoms with Crippen LogP contribution in [-0.2, 0) is 19.5 Å². The Kier molecular flexibility index (Phi) is 6.51. The van der Waals surface area contributed by atoms with E-state index in [0.717, 1.165) is 27.8 Å². The first-order valence-corrected chi connectivity index (χ1v) is 9.99. The number of nitrogens with zero attached hydrogens (tertiary/aromatic N) is 2. The molecule has 2 aromatic carbocycles. The molecule has 0 radical (unpaired) electrons. The van der Waals surface area contributed by atoms with Crippen LogP contribution in [0, 0.1) is 0 Å². The average Bonchev–Trinajstić information content (AvgIpc) is 2.76. The van der Waals surface area contributed by atoms with Crippen LogP contribution in [0.25, 0.3) is 0 Å². The van der Waals surface area contributed by atoms with Crippen molar-refractivity contribution in [1.29, 1.82) is 0 Å². The number of carbonyl (C=O) groups is 1. The van der Waals surface area contributed by atoms with Crippen LogP contribution in [0.2, 0.25) is 0 Å². The SMILES string of the molecule is CCc1ccccc1NCC(=O)c1c(N)n(Cc2ccccc2)c(=O)n(CC)c1=O. The second-order valence-electron chi connectivity index (χ2n) is 6.95. The number of carbonyl (C=O) groups excluding carboxylic acids is 1. The van der Waals surface area contributed by atoms with Gasteiger partial charge in [0, 0.05) is 12.2 Å². The molecule has 0 saturated heterocycles. The van der Waals surface area contributed by atoms with Crippen LogP contribution in [0.15, 0.2) is 64.2 Å². The molecule has 0 aliphatic heterocycles. The van der Waals surface area contributed by atoms with Gasteiger partial charge in [0.2, 0.25) is 0 Å². The van der Waals surface area contributed by atoms with Gasteiger partial charge in [-0.15, -0.1) is 0 Å². The van der Waals surface area contributed by atoms with Gasteiger partial charge in [0.1, 0.15) is 11.4 Å². The van der Waals surface area contributed by atoms with E-state index in [0.29, 0.717) is 0 Å². The fourth-order valence-electron chi connectivity index (χ4n) is 3.44. The molecular formula is C23H26N4O3. The van der Waals surface area contributed by atoms with Gasteiger partial charge in [0.15, 0.2) is 5.78 Å². The van der Waals surface area contributed by atoms with Gasteiger partial charge < -0.3 is 11.1 Å². The Hall–Kier alpha value is -3.61. The number of nitrogens with one attached hydrogen (secondary N) is 1. The van der Waals surface area contributed by atoms with Crippen LogP contribution in [0.5, 0.6) is 0 Å². The summed E-state index contributed by atoms with van der Waals surface area (Å²) in [6.45, 7) is 3.95. The number of rotatable bonds is 8. The maximum atomic E-state index is 13.0. The van der Waals surface area contributed by atoms with Crippen molar-refractivity contribution in [2.45, 2.75) is 33.4 Å². The van der Waals surface area contributed by atoms with Gasteiger partial charge in [-0.05, 0) is 30.5 Å². The molecule has 3 aromatic rings. The molecule has 1 heterocycles. The van der Waals surface area contributed by atoms with E-state index < -0.39 is 17.0 Å². The number of hydrogen-bond donors (Lipinski definition) is 2. The summed E-state index contributed by atoms with van der Waals surface area (Å²) >= 11 is 0. The normalized spacial score (nSPS) is 10.7. The van der Waals surface area contributed by atoms with Gasteiger partial charge in [-0.2, -0.15) is 0 Å². The number of aromatic nitrogens is 2. The number of Topliss-reactive ketones (excluding diaryl/α,β-unsaturated/α-hetero) is 1. The Morgan fingerprint density at radius 2 is 1.63 bits per heavy atom. The highest BCUT2D eigenvalue weighted by molar-refractivity contribution is 6.02. The van der Waals surface area contributed by atoms with Crippen molar-refractivity contribution in [2.24, 2.45) is 0 Å². The van der Waals surface area contributed by atoms with Crippen LogP contribution < -0.4 is 22.3 Å². The van der Waals surface area contributed by atoms with E-state index in [1.54, 1.807) is 6.92 Å². The van der Waals surface area contributed by atoms with Gasteiger partial charge in [0.05, 0.1) is 13.1 Å². The lowest BCUT2D eigenvalue weighted by Gasteiger charge is -2.16. The van der Waals surface area contributed by atoms with Crippen molar-refractivity contribution in [3.05, 3.63) is 92.1 Å². The molecule has 7 nitrogen and oxygen atoms in total. The van der Waals surface area contributed by atoms with Gasteiger partial charge >= 0.3 is 5.69 Å². The molecule has 7 heteroatoms. The predicted molar refractivity (Wildman–Crippen MR) is 119 cm³/mol. The third-order valence-electron chi connectivity index (χ3n) is 5.08. The molecule has 0 aliphatic rings. The third-order valence-corrected chi connectivity index (χ3v) is 5.08. The number of hydrogen-bond acceptors (Lipinski definition) is 5. The minimum Gasteiger partial charge on any atom is -0.384 e. The van der Waals surface area contributed by atoms with E-state index in [1.807, 2.05) is 61.5 Å². The maximum absolute atomic E-state index is 13.0. The molecule has 0 aliphatic carbocycles. The standard InChI is InChI=1S/C23H26N4O3/c1-3-17-12-8-9-13-18(17)25-14-19(28)20-21(24)27(15-16-10-6-5-7-11-16)23(30)26(4-2)22(20)29/h5-13,25H,3-4,14-15,24H2,1-2H3. The predicted octanol–water partition coefficient (Wildman–Crippen LogP) is 2.52. The highest BCUT2D eigenvalue weighted by Crippen LogP contribution is 2.16. The molecule has 30 heavy (non-hydrogen) atoms. The lowest BCUT2D eigenvalue weighted by Crippen LogP contribution is -2.44. The van der Waals surface area contributed by atoms with Crippen molar-refractivity contribution in [1.82, 2.24) is 9.13 Å². The monoisotopic (exact) mass is 406 g/mol. The Labute approximate surface area is 174 Å². The van der Waals surface area contributed by atoms with E-state index in [-0.39, 0.29) is 31.0 Å². The number of nitrogen functional groups attached to an aromatic ring is 1.